The normalized spacial score (nSPS) is 17.5. The van der Waals surface area contributed by atoms with Gasteiger partial charge in [-0.2, -0.15) is 11.8 Å². The first-order valence-electron chi connectivity index (χ1n) is 7.49. The molecule has 0 spiro atoms. The van der Waals surface area contributed by atoms with Gasteiger partial charge in [0.2, 0.25) is 5.91 Å². The lowest BCUT2D eigenvalue weighted by Crippen LogP contribution is -2.51. The van der Waals surface area contributed by atoms with Gasteiger partial charge in [0, 0.05) is 44.5 Å². The molecule has 21 heavy (non-hydrogen) atoms. The summed E-state index contributed by atoms with van der Waals surface area (Å²) in [7, 11) is 0. The predicted molar refractivity (Wildman–Crippen MR) is 91.1 cm³/mol. The Morgan fingerprint density at radius 1 is 1.24 bits per heavy atom. The zero-order valence-electron chi connectivity index (χ0n) is 12.9. The van der Waals surface area contributed by atoms with Crippen molar-refractivity contribution < 1.29 is 4.79 Å². The van der Waals surface area contributed by atoms with Gasteiger partial charge in [-0.25, -0.2) is 0 Å². The lowest BCUT2D eigenvalue weighted by atomic mass is 10.2. The third-order valence-corrected chi connectivity index (χ3v) is 4.26. The Labute approximate surface area is 131 Å². The maximum absolute atomic E-state index is 11.6. The fourth-order valence-electron chi connectivity index (χ4n) is 2.71. The Morgan fingerprint density at radius 2 is 1.90 bits per heavy atom. The van der Waals surface area contributed by atoms with Crippen LogP contribution >= 0.6 is 11.8 Å². The second kappa shape index (κ2) is 8.29. The van der Waals surface area contributed by atoms with Crippen LogP contribution in [0.4, 0.5) is 5.69 Å². The SMILES string of the molecule is CSCC(=O)N[C@@H](C)CN1CCN(c2ccccc2)CC1. The Hall–Kier alpha value is -1.20. The minimum Gasteiger partial charge on any atom is -0.369 e. The summed E-state index contributed by atoms with van der Waals surface area (Å²) in [6.07, 6.45) is 1.95. The first-order valence-corrected chi connectivity index (χ1v) is 8.89. The van der Waals surface area contributed by atoms with Gasteiger partial charge in [-0.15, -0.1) is 0 Å². The van der Waals surface area contributed by atoms with Crippen molar-refractivity contribution in [3.05, 3.63) is 30.3 Å². The fourth-order valence-corrected chi connectivity index (χ4v) is 3.05. The topological polar surface area (TPSA) is 35.6 Å². The summed E-state index contributed by atoms with van der Waals surface area (Å²) in [6, 6.07) is 10.8. The van der Waals surface area contributed by atoms with Crippen molar-refractivity contribution in [2.24, 2.45) is 0 Å². The van der Waals surface area contributed by atoms with Gasteiger partial charge in [0.25, 0.3) is 0 Å². The monoisotopic (exact) mass is 307 g/mol. The summed E-state index contributed by atoms with van der Waals surface area (Å²) in [4.78, 5) is 16.4. The summed E-state index contributed by atoms with van der Waals surface area (Å²) in [5.41, 5.74) is 1.30. The highest BCUT2D eigenvalue weighted by atomic mass is 32.2. The molecule has 0 aromatic heterocycles. The quantitative estimate of drug-likeness (QED) is 0.867. The molecule has 1 aromatic carbocycles. The van der Waals surface area contributed by atoms with E-state index in [0.717, 1.165) is 32.7 Å². The number of benzene rings is 1. The second-order valence-corrected chi connectivity index (χ2v) is 6.39. The molecule has 1 amide bonds. The first kappa shape index (κ1) is 16.2. The molecule has 0 bridgehead atoms. The van der Waals surface area contributed by atoms with Crippen LogP contribution in [0.3, 0.4) is 0 Å². The van der Waals surface area contributed by atoms with Gasteiger partial charge >= 0.3 is 0 Å². The van der Waals surface area contributed by atoms with E-state index in [0.29, 0.717) is 5.75 Å². The maximum Gasteiger partial charge on any atom is 0.230 e. The van der Waals surface area contributed by atoms with Crippen LogP contribution < -0.4 is 10.2 Å². The molecule has 2 rings (SSSR count). The minimum absolute atomic E-state index is 0.137. The Bertz CT molecular complexity index is 432. The van der Waals surface area contributed by atoms with E-state index in [1.165, 1.54) is 5.69 Å². The van der Waals surface area contributed by atoms with E-state index in [2.05, 4.69) is 52.4 Å². The number of amides is 1. The van der Waals surface area contributed by atoms with Crippen LogP contribution in [0.15, 0.2) is 30.3 Å². The zero-order chi connectivity index (χ0) is 15.1. The molecule has 1 N–H and O–H groups in total. The van der Waals surface area contributed by atoms with Crippen LogP contribution in [0.5, 0.6) is 0 Å². The number of hydrogen-bond donors (Lipinski definition) is 1. The third-order valence-electron chi connectivity index (χ3n) is 3.71. The number of rotatable bonds is 6. The van der Waals surface area contributed by atoms with Crippen molar-refractivity contribution >= 4 is 23.4 Å². The number of hydrogen-bond acceptors (Lipinski definition) is 4. The summed E-state index contributed by atoms with van der Waals surface area (Å²) < 4.78 is 0. The number of carbonyl (C=O) groups is 1. The fraction of sp³-hybridized carbons (Fsp3) is 0.562. The number of nitrogens with zero attached hydrogens (tertiary/aromatic N) is 2. The van der Waals surface area contributed by atoms with E-state index >= 15 is 0 Å². The van der Waals surface area contributed by atoms with Crippen LogP contribution in [0.25, 0.3) is 0 Å². The van der Waals surface area contributed by atoms with E-state index in [1.807, 2.05) is 6.26 Å². The standard InChI is InChI=1S/C16H25N3OS/c1-14(17-16(20)13-21-2)12-18-8-10-19(11-9-18)15-6-4-3-5-7-15/h3-7,14H,8-13H2,1-2H3,(H,17,20)/t14-/m0/s1. The van der Waals surface area contributed by atoms with E-state index < -0.39 is 0 Å². The van der Waals surface area contributed by atoms with Gasteiger partial charge in [-0.1, -0.05) is 18.2 Å². The highest BCUT2D eigenvalue weighted by Gasteiger charge is 2.19. The van der Waals surface area contributed by atoms with Crippen LogP contribution in [0.2, 0.25) is 0 Å². The zero-order valence-corrected chi connectivity index (χ0v) is 13.7. The Balaban J connectivity index is 1.73. The van der Waals surface area contributed by atoms with Gasteiger partial charge in [0.05, 0.1) is 5.75 Å². The lowest BCUT2D eigenvalue weighted by Gasteiger charge is -2.37. The van der Waals surface area contributed by atoms with Gasteiger partial charge in [-0.05, 0) is 25.3 Å². The Morgan fingerprint density at radius 3 is 2.52 bits per heavy atom. The van der Waals surface area contributed by atoms with Crippen molar-refractivity contribution in [3.63, 3.8) is 0 Å². The molecule has 1 heterocycles. The van der Waals surface area contributed by atoms with Crippen LogP contribution in [0, 0.1) is 0 Å². The summed E-state index contributed by atoms with van der Waals surface area (Å²) in [5.74, 6) is 0.685. The third kappa shape index (κ3) is 5.25. The van der Waals surface area contributed by atoms with Crippen LogP contribution in [-0.2, 0) is 4.79 Å². The highest BCUT2D eigenvalue weighted by Crippen LogP contribution is 2.15. The number of piperazine rings is 1. The summed E-state index contributed by atoms with van der Waals surface area (Å²) in [6.45, 7) is 7.23. The first-order chi connectivity index (χ1) is 10.2. The lowest BCUT2D eigenvalue weighted by molar-refractivity contribution is -0.119. The van der Waals surface area contributed by atoms with Crippen molar-refractivity contribution in [1.29, 1.82) is 0 Å². The molecule has 1 aromatic rings. The van der Waals surface area contributed by atoms with Crippen molar-refractivity contribution in [2.45, 2.75) is 13.0 Å². The molecule has 4 nitrogen and oxygen atoms in total. The van der Waals surface area contributed by atoms with Gasteiger partial charge in [0.1, 0.15) is 0 Å². The molecule has 5 heteroatoms. The molecule has 0 radical (unpaired) electrons. The van der Waals surface area contributed by atoms with Crippen molar-refractivity contribution in [3.8, 4) is 0 Å². The molecule has 1 fully saturated rings. The molecule has 116 valence electrons. The van der Waals surface area contributed by atoms with Crippen LogP contribution in [0.1, 0.15) is 6.92 Å². The molecule has 0 unspecified atom stereocenters. The largest absolute Gasteiger partial charge is 0.369 e. The molecule has 1 aliphatic rings. The van der Waals surface area contributed by atoms with E-state index in [1.54, 1.807) is 11.8 Å². The molecular formula is C16H25N3OS. The molecule has 0 aliphatic carbocycles. The summed E-state index contributed by atoms with van der Waals surface area (Å²) >= 11 is 1.56. The van der Waals surface area contributed by atoms with Gasteiger partial charge in [-0.3, -0.25) is 9.69 Å². The Kier molecular flexibility index (Phi) is 6.39. The molecule has 0 saturated carbocycles. The smallest absolute Gasteiger partial charge is 0.230 e. The molecule has 1 saturated heterocycles. The number of thioether (sulfide) groups is 1. The average molecular weight is 307 g/mol. The van der Waals surface area contributed by atoms with Gasteiger partial charge in [0.15, 0.2) is 0 Å². The van der Waals surface area contributed by atoms with E-state index in [9.17, 15) is 4.79 Å². The van der Waals surface area contributed by atoms with Crippen molar-refractivity contribution in [2.75, 3.05) is 49.6 Å². The molecular weight excluding hydrogens is 282 g/mol. The molecule has 1 atom stereocenters. The second-order valence-electron chi connectivity index (χ2n) is 5.52. The number of para-hydroxylation sites is 1. The number of nitrogens with one attached hydrogen (secondary N) is 1. The molecule has 1 aliphatic heterocycles. The minimum atomic E-state index is 0.137. The highest BCUT2D eigenvalue weighted by molar-refractivity contribution is 7.99. The van der Waals surface area contributed by atoms with Crippen molar-refractivity contribution in [1.82, 2.24) is 10.2 Å². The maximum atomic E-state index is 11.6. The van der Waals surface area contributed by atoms with E-state index in [4.69, 9.17) is 0 Å². The predicted octanol–water partition coefficient (Wildman–Crippen LogP) is 1.68. The van der Waals surface area contributed by atoms with Crippen LogP contribution in [-0.4, -0.2) is 61.6 Å². The summed E-state index contributed by atoms with van der Waals surface area (Å²) in [5, 5.41) is 3.06. The average Bonchev–Trinajstić information content (AvgIpc) is 2.49. The number of anilines is 1. The number of carbonyl (C=O) groups excluding carboxylic acids is 1. The van der Waals surface area contributed by atoms with Gasteiger partial charge < -0.3 is 10.2 Å². The van der Waals surface area contributed by atoms with E-state index in [-0.39, 0.29) is 11.9 Å².